The van der Waals surface area contributed by atoms with Gasteiger partial charge < -0.3 is 9.84 Å². The van der Waals surface area contributed by atoms with Crippen LogP contribution in [0.5, 0.6) is 0 Å². The zero-order chi connectivity index (χ0) is 16.3. The molecule has 22 heavy (non-hydrogen) atoms. The SMILES string of the molecule is CCCCOC(=O)CCCCCCCCCCCCCCO. The fraction of sp³-hybridized carbons (Fsp3) is 0.947. The lowest BCUT2D eigenvalue weighted by Gasteiger charge is -2.04. The maximum atomic E-state index is 11.4. The highest BCUT2D eigenvalue weighted by Crippen LogP contribution is 2.12. The van der Waals surface area contributed by atoms with Gasteiger partial charge in [0.2, 0.25) is 0 Å². The van der Waals surface area contributed by atoms with Crippen molar-refractivity contribution < 1.29 is 14.6 Å². The lowest BCUT2D eigenvalue weighted by molar-refractivity contribution is -0.143. The Hall–Kier alpha value is -0.570. The number of carbonyl (C=O) groups is 1. The molecule has 3 nitrogen and oxygen atoms in total. The van der Waals surface area contributed by atoms with E-state index < -0.39 is 0 Å². The van der Waals surface area contributed by atoms with E-state index >= 15 is 0 Å². The average Bonchev–Trinajstić information content (AvgIpc) is 2.52. The molecule has 0 aromatic rings. The minimum atomic E-state index is -0.0188. The van der Waals surface area contributed by atoms with E-state index in [9.17, 15) is 4.79 Å². The lowest BCUT2D eigenvalue weighted by atomic mass is 10.0. The number of aliphatic hydroxyl groups excluding tert-OH is 1. The number of unbranched alkanes of at least 4 members (excludes halogenated alkanes) is 12. The molecule has 1 N–H and O–H groups in total. The van der Waals surface area contributed by atoms with Crippen molar-refractivity contribution in [1.29, 1.82) is 0 Å². The van der Waals surface area contributed by atoms with E-state index in [1.807, 2.05) is 0 Å². The maximum absolute atomic E-state index is 11.4. The third kappa shape index (κ3) is 17.5. The zero-order valence-electron chi connectivity index (χ0n) is 14.8. The summed E-state index contributed by atoms with van der Waals surface area (Å²) in [7, 11) is 0. The monoisotopic (exact) mass is 314 g/mol. The van der Waals surface area contributed by atoms with Gasteiger partial charge in [-0.05, 0) is 19.3 Å². The van der Waals surface area contributed by atoms with Crippen LogP contribution in [0.2, 0.25) is 0 Å². The van der Waals surface area contributed by atoms with E-state index in [0.717, 1.165) is 32.1 Å². The summed E-state index contributed by atoms with van der Waals surface area (Å²) in [4.78, 5) is 11.4. The Kier molecular flexibility index (Phi) is 18.0. The van der Waals surface area contributed by atoms with E-state index in [1.54, 1.807) is 0 Å². The van der Waals surface area contributed by atoms with E-state index in [1.165, 1.54) is 57.8 Å². The van der Waals surface area contributed by atoms with Crippen molar-refractivity contribution in [1.82, 2.24) is 0 Å². The largest absolute Gasteiger partial charge is 0.466 e. The molecule has 0 heterocycles. The van der Waals surface area contributed by atoms with E-state index in [0.29, 0.717) is 19.6 Å². The fourth-order valence-electron chi connectivity index (χ4n) is 2.55. The van der Waals surface area contributed by atoms with E-state index in [-0.39, 0.29) is 5.97 Å². The molecular formula is C19H38O3. The molecule has 0 fully saturated rings. The highest BCUT2D eigenvalue weighted by molar-refractivity contribution is 5.69. The number of hydrogen-bond donors (Lipinski definition) is 1. The van der Waals surface area contributed by atoms with Crippen LogP contribution in [-0.4, -0.2) is 24.3 Å². The van der Waals surface area contributed by atoms with Crippen LogP contribution in [0.1, 0.15) is 103 Å². The van der Waals surface area contributed by atoms with Crippen molar-refractivity contribution in [3.63, 3.8) is 0 Å². The first kappa shape index (κ1) is 21.4. The quantitative estimate of drug-likeness (QED) is 0.289. The van der Waals surface area contributed by atoms with E-state index in [2.05, 4.69) is 6.92 Å². The van der Waals surface area contributed by atoms with E-state index in [4.69, 9.17) is 9.84 Å². The summed E-state index contributed by atoms with van der Waals surface area (Å²) in [5, 5.41) is 8.68. The molecule has 0 atom stereocenters. The van der Waals surface area contributed by atoms with Crippen molar-refractivity contribution in [3.05, 3.63) is 0 Å². The van der Waals surface area contributed by atoms with Crippen molar-refractivity contribution >= 4 is 5.97 Å². The highest BCUT2D eigenvalue weighted by Gasteiger charge is 2.01. The molecule has 0 bridgehead atoms. The smallest absolute Gasteiger partial charge is 0.305 e. The second-order valence-electron chi connectivity index (χ2n) is 6.29. The summed E-state index contributed by atoms with van der Waals surface area (Å²) < 4.78 is 5.14. The number of aliphatic hydroxyl groups is 1. The number of esters is 1. The third-order valence-electron chi connectivity index (χ3n) is 4.05. The summed E-state index contributed by atoms with van der Waals surface area (Å²) in [5.74, 6) is -0.0188. The molecule has 0 unspecified atom stereocenters. The molecule has 0 amide bonds. The lowest BCUT2D eigenvalue weighted by Crippen LogP contribution is -2.05. The summed E-state index contributed by atoms with van der Waals surface area (Å²) >= 11 is 0. The minimum absolute atomic E-state index is 0.0188. The first-order valence-electron chi connectivity index (χ1n) is 9.57. The second-order valence-corrected chi connectivity index (χ2v) is 6.29. The molecule has 3 heteroatoms. The first-order valence-corrected chi connectivity index (χ1v) is 9.57. The number of rotatable bonds is 17. The molecule has 0 aliphatic heterocycles. The molecular weight excluding hydrogens is 276 g/mol. The summed E-state index contributed by atoms with van der Waals surface area (Å²) in [6.45, 7) is 3.04. The van der Waals surface area contributed by atoms with Crippen molar-refractivity contribution in [2.24, 2.45) is 0 Å². The predicted molar refractivity (Wildman–Crippen MR) is 93.0 cm³/mol. The molecule has 0 aliphatic rings. The predicted octanol–water partition coefficient (Wildman–Crippen LogP) is 5.39. The van der Waals surface area contributed by atoms with Crippen molar-refractivity contribution in [2.45, 2.75) is 103 Å². The topological polar surface area (TPSA) is 46.5 Å². The molecule has 0 saturated heterocycles. The molecule has 0 saturated carbocycles. The highest BCUT2D eigenvalue weighted by atomic mass is 16.5. The Labute approximate surface area is 137 Å². The van der Waals surface area contributed by atoms with Crippen LogP contribution in [0.4, 0.5) is 0 Å². The Morgan fingerprint density at radius 2 is 1.18 bits per heavy atom. The Morgan fingerprint density at radius 3 is 1.64 bits per heavy atom. The maximum Gasteiger partial charge on any atom is 0.305 e. The number of hydrogen-bond acceptors (Lipinski definition) is 3. The summed E-state index contributed by atoms with van der Waals surface area (Å²) in [6, 6.07) is 0. The van der Waals surface area contributed by atoms with Crippen LogP contribution >= 0.6 is 0 Å². The standard InChI is InChI=1S/C19H38O3/c1-2-3-18-22-19(21)16-14-12-10-8-6-4-5-7-9-11-13-15-17-20/h20H,2-18H2,1H3. The van der Waals surface area contributed by atoms with Crippen LogP contribution < -0.4 is 0 Å². The van der Waals surface area contributed by atoms with Gasteiger partial charge in [-0.3, -0.25) is 4.79 Å². The summed E-state index contributed by atoms with van der Waals surface area (Å²) in [6.07, 6.45) is 17.4. The molecule has 132 valence electrons. The molecule has 0 rings (SSSR count). The van der Waals surface area contributed by atoms with Crippen LogP contribution in [0.25, 0.3) is 0 Å². The van der Waals surface area contributed by atoms with Crippen LogP contribution in [-0.2, 0) is 9.53 Å². The van der Waals surface area contributed by atoms with Gasteiger partial charge in [0.05, 0.1) is 6.61 Å². The molecule has 0 aromatic heterocycles. The summed E-state index contributed by atoms with van der Waals surface area (Å²) in [5.41, 5.74) is 0. The van der Waals surface area contributed by atoms with Gasteiger partial charge in [-0.1, -0.05) is 77.6 Å². The molecule has 0 spiro atoms. The van der Waals surface area contributed by atoms with Crippen LogP contribution in [0.3, 0.4) is 0 Å². The number of ether oxygens (including phenoxy) is 1. The van der Waals surface area contributed by atoms with Gasteiger partial charge in [0, 0.05) is 13.0 Å². The average molecular weight is 315 g/mol. The van der Waals surface area contributed by atoms with Gasteiger partial charge in [-0.15, -0.1) is 0 Å². The van der Waals surface area contributed by atoms with Crippen LogP contribution in [0.15, 0.2) is 0 Å². The van der Waals surface area contributed by atoms with Gasteiger partial charge >= 0.3 is 5.97 Å². The fourth-order valence-corrected chi connectivity index (χ4v) is 2.55. The van der Waals surface area contributed by atoms with Crippen molar-refractivity contribution in [2.75, 3.05) is 13.2 Å². The number of carbonyl (C=O) groups excluding carboxylic acids is 1. The third-order valence-corrected chi connectivity index (χ3v) is 4.05. The Morgan fingerprint density at radius 1 is 0.727 bits per heavy atom. The molecule has 0 aromatic carbocycles. The van der Waals surface area contributed by atoms with Gasteiger partial charge in [-0.2, -0.15) is 0 Å². The van der Waals surface area contributed by atoms with Gasteiger partial charge in [0.15, 0.2) is 0 Å². The van der Waals surface area contributed by atoms with Gasteiger partial charge in [0.1, 0.15) is 0 Å². The van der Waals surface area contributed by atoms with Gasteiger partial charge in [-0.25, -0.2) is 0 Å². The normalized spacial score (nSPS) is 10.8. The molecule has 0 radical (unpaired) electrons. The first-order chi connectivity index (χ1) is 10.8. The minimum Gasteiger partial charge on any atom is -0.466 e. The van der Waals surface area contributed by atoms with Gasteiger partial charge in [0.25, 0.3) is 0 Å². The second kappa shape index (κ2) is 18.5. The molecule has 0 aliphatic carbocycles. The Balaban J connectivity index is 3.06. The van der Waals surface area contributed by atoms with Crippen molar-refractivity contribution in [3.8, 4) is 0 Å². The van der Waals surface area contributed by atoms with Crippen LogP contribution in [0, 0.1) is 0 Å². The Bertz CT molecular complexity index is 229. The zero-order valence-corrected chi connectivity index (χ0v) is 14.8.